The molecule has 0 bridgehead atoms. The molecule has 0 aliphatic heterocycles. The third kappa shape index (κ3) is 4.47. The van der Waals surface area contributed by atoms with Crippen molar-refractivity contribution < 1.29 is 4.79 Å². The maximum absolute atomic E-state index is 12.7. The molecular weight excluding hydrogens is 386 g/mol. The van der Waals surface area contributed by atoms with Crippen molar-refractivity contribution in [3.05, 3.63) is 87.8 Å². The minimum absolute atomic E-state index is 0.0974. The van der Waals surface area contributed by atoms with Crippen molar-refractivity contribution in [2.75, 3.05) is 5.32 Å². The summed E-state index contributed by atoms with van der Waals surface area (Å²) in [4.78, 5) is 12.7. The zero-order valence-electron chi connectivity index (χ0n) is 13.7. The molecule has 132 valence electrons. The van der Waals surface area contributed by atoms with E-state index in [4.69, 9.17) is 29.7 Å². The van der Waals surface area contributed by atoms with Crippen molar-refractivity contribution >= 4 is 51.1 Å². The summed E-state index contributed by atoms with van der Waals surface area (Å²) in [6, 6.07) is 18.4. The summed E-state index contributed by atoms with van der Waals surface area (Å²) >= 11 is 12.7. The Kier molecular flexibility index (Phi) is 6.00. The summed E-state index contributed by atoms with van der Waals surface area (Å²) in [5, 5.41) is 7.96. The van der Waals surface area contributed by atoms with Crippen LogP contribution < -0.4 is 11.2 Å². The molecule has 26 heavy (non-hydrogen) atoms. The van der Waals surface area contributed by atoms with E-state index in [-0.39, 0.29) is 5.78 Å². The Balaban J connectivity index is 1.71. The maximum Gasteiger partial charge on any atom is 0.195 e. The van der Waals surface area contributed by atoms with Crippen LogP contribution in [0.5, 0.6) is 0 Å². The zero-order valence-corrected chi connectivity index (χ0v) is 16.1. The topological polar surface area (TPSA) is 58.4 Å². The van der Waals surface area contributed by atoms with E-state index in [0.29, 0.717) is 32.8 Å². The number of carbonyl (C=O) groups is 1. The monoisotopic (exact) mass is 401 g/mol. The van der Waals surface area contributed by atoms with E-state index in [1.54, 1.807) is 30.3 Å². The molecule has 0 amide bonds. The smallest absolute Gasteiger partial charge is 0.195 e. The number of thiocarbonyl (C=S) groups is 1. The minimum Gasteiger partial charge on any atom is -0.323 e. The van der Waals surface area contributed by atoms with Crippen LogP contribution in [0.15, 0.2) is 66.0 Å². The number of thiophene rings is 1. The fourth-order valence-corrected chi connectivity index (χ4v) is 3.50. The van der Waals surface area contributed by atoms with E-state index in [9.17, 15) is 4.79 Å². The van der Waals surface area contributed by atoms with Crippen LogP contribution >= 0.6 is 35.2 Å². The van der Waals surface area contributed by atoms with Crippen molar-refractivity contribution in [3.63, 3.8) is 0 Å². The van der Waals surface area contributed by atoms with Gasteiger partial charge in [0.25, 0.3) is 0 Å². The van der Waals surface area contributed by atoms with Crippen LogP contribution in [0.2, 0.25) is 5.02 Å². The molecule has 0 aliphatic rings. The third-order valence-corrected chi connectivity index (χ3v) is 5.11. The molecule has 0 aliphatic carbocycles. The highest BCUT2D eigenvalue weighted by atomic mass is 35.5. The van der Waals surface area contributed by atoms with Crippen LogP contribution in [-0.2, 0) is 6.54 Å². The molecule has 3 N–H and O–H groups in total. The molecule has 0 unspecified atom stereocenters. The fraction of sp³-hybridized carbons (Fsp3) is 0.0526. The van der Waals surface area contributed by atoms with Gasteiger partial charge in [-0.05, 0) is 53.5 Å². The van der Waals surface area contributed by atoms with E-state index < -0.39 is 0 Å². The van der Waals surface area contributed by atoms with Gasteiger partial charge in [-0.15, -0.1) is 11.3 Å². The molecule has 0 fully saturated rings. The largest absolute Gasteiger partial charge is 0.323 e. The van der Waals surface area contributed by atoms with E-state index in [2.05, 4.69) is 5.32 Å². The summed E-state index contributed by atoms with van der Waals surface area (Å²) in [6.07, 6.45) is 0. The number of carbonyl (C=O) groups excluding carboxylic acids is 1. The number of hydrogen-bond donors (Lipinski definition) is 2. The van der Waals surface area contributed by atoms with Crippen molar-refractivity contribution in [1.82, 2.24) is 5.01 Å². The number of anilines is 1. The SMILES string of the molecule is NN(Cc1ccccc1)C(=S)Nc1sccc1C(=O)c1ccc(Cl)cc1. The van der Waals surface area contributed by atoms with Crippen LogP contribution in [0, 0.1) is 0 Å². The summed E-state index contributed by atoms with van der Waals surface area (Å²) < 4.78 is 0. The van der Waals surface area contributed by atoms with Gasteiger partial charge >= 0.3 is 0 Å². The highest BCUT2D eigenvalue weighted by Gasteiger charge is 2.17. The van der Waals surface area contributed by atoms with Gasteiger partial charge in [-0.2, -0.15) is 0 Å². The lowest BCUT2D eigenvalue weighted by molar-refractivity contribution is 0.104. The normalized spacial score (nSPS) is 10.4. The number of nitrogens with zero attached hydrogens (tertiary/aromatic N) is 1. The first-order valence-corrected chi connectivity index (χ1v) is 9.46. The first-order chi connectivity index (χ1) is 12.5. The van der Waals surface area contributed by atoms with Crippen LogP contribution in [0.3, 0.4) is 0 Å². The second-order valence-electron chi connectivity index (χ2n) is 5.54. The lowest BCUT2D eigenvalue weighted by atomic mass is 10.1. The molecule has 1 heterocycles. The molecule has 1 aromatic heterocycles. The molecule has 4 nitrogen and oxygen atoms in total. The molecule has 0 atom stereocenters. The van der Waals surface area contributed by atoms with Crippen LogP contribution in [0.4, 0.5) is 5.00 Å². The molecule has 0 saturated carbocycles. The third-order valence-electron chi connectivity index (χ3n) is 3.69. The summed E-state index contributed by atoms with van der Waals surface area (Å²) in [7, 11) is 0. The summed E-state index contributed by atoms with van der Waals surface area (Å²) in [5.74, 6) is 5.96. The van der Waals surface area contributed by atoms with E-state index >= 15 is 0 Å². The molecule has 2 aromatic carbocycles. The molecule has 0 saturated heterocycles. The van der Waals surface area contributed by atoms with Gasteiger partial charge in [0.2, 0.25) is 0 Å². The van der Waals surface area contributed by atoms with Gasteiger partial charge in [0.1, 0.15) is 5.00 Å². The van der Waals surface area contributed by atoms with Gasteiger partial charge in [0.15, 0.2) is 10.9 Å². The summed E-state index contributed by atoms with van der Waals surface area (Å²) in [6.45, 7) is 0.471. The van der Waals surface area contributed by atoms with Crippen molar-refractivity contribution in [2.45, 2.75) is 6.54 Å². The van der Waals surface area contributed by atoms with E-state index in [0.717, 1.165) is 5.56 Å². The second-order valence-corrected chi connectivity index (χ2v) is 7.28. The minimum atomic E-state index is -0.0974. The number of benzene rings is 2. The van der Waals surface area contributed by atoms with Crippen LogP contribution in [-0.4, -0.2) is 15.9 Å². The lowest BCUT2D eigenvalue weighted by Gasteiger charge is -2.20. The Morgan fingerprint density at radius 2 is 1.81 bits per heavy atom. The molecule has 0 radical (unpaired) electrons. The fourth-order valence-electron chi connectivity index (χ4n) is 2.36. The average molecular weight is 402 g/mol. The van der Waals surface area contributed by atoms with Gasteiger partial charge in [-0.25, -0.2) is 5.84 Å². The highest BCUT2D eigenvalue weighted by molar-refractivity contribution is 7.80. The predicted octanol–water partition coefficient (Wildman–Crippen LogP) is 4.71. The Hall–Kier alpha value is -2.25. The Labute approximate surface area is 166 Å². The van der Waals surface area contributed by atoms with Crippen LogP contribution in [0.25, 0.3) is 0 Å². The molecule has 3 rings (SSSR count). The van der Waals surface area contributed by atoms with Gasteiger partial charge in [0, 0.05) is 10.6 Å². The van der Waals surface area contributed by atoms with Gasteiger partial charge in [-0.3, -0.25) is 9.80 Å². The lowest BCUT2D eigenvalue weighted by Crippen LogP contribution is -2.39. The zero-order chi connectivity index (χ0) is 18.5. The number of halogens is 1. The van der Waals surface area contributed by atoms with Crippen molar-refractivity contribution in [3.8, 4) is 0 Å². The van der Waals surface area contributed by atoms with Crippen molar-refractivity contribution in [2.24, 2.45) is 5.84 Å². The van der Waals surface area contributed by atoms with Crippen molar-refractivity contribution in [1.29, 1.82) is 0 Å². The maximum atomic E-state index is 12.7. The van der Waals surface area contributed by atoms with E-state index in [1.165, 1.54) is 16.3 Å². The first kappa shape index (κ1) is 18.5. The second kappa shape index (κ2) is 8.42. The van der Waals surface area contributed by atoms with Gasteiger partial charge in [-0.1, -0.05) is 41.9 Å². The Morgan fingerprint density at radius 3 is 2.50 bits per heavy atom. The first-order valence-electron chi connectivity index (χ1n) is 7.79. The Morgan fingerprint density at radius 1 is 1.12 bits per heavy atom. The Bertz CT molecular complexity index is 910. The molecule has 7 heteroatoms. The van der Waals surface area contributed by atoms with Gasteiger partial charge < -0.3 is 5.32 Å². The van der Waals surface area contributed by atoms with Gasteiger partial charge in [0.05, 0.1) is 12.1 Å². The number of hydrogen-bond acceptors (Lipinski definition) is 4. The molecule has 3 aromatic rings. The predicted molar refractivity (Wildman–Crippen MR) is 112 cm³/mol. The van der Waals surface area contributed by atoms with Crippen LogP contribution in [0.1, 0.15) is 21.5 Å². The summed E-state index contributed by atoms with van der Waals surface area (Å²) in [5.41, 5.74) is 2.16. The average Bonchev–Trinajstić information content (AvgIpc) is 3.10. The number of hydrazine groups is 1. The number of rotatable bonds is 5. The highest BCUT2D eigenvalue weighted by Crippen LogP contribution is 2.26. The van der Waals surface area contributed by atoms with E-state index in [1.807, 2.05) is 35.7 Å². The number of nitrogens with two attached hydrogens (primary N) is 1. The quantitative estimate of drug-likeness (QED) is 0.281. The standard InChI is InChI=1S/C19H16ClN3OS2/c20-15-8-6-14(7-9-15)17(24)16-10-11-26-18(16)22-19(25)23(21)12-13-4-2-1-3-5-13/h1-11H,12,21H2,(H,22,25). The number of ketones is 1. The molecular formula is C19H16ClN3OS2. The number of nitrogens with one attached hydrogen (secondary N) is 1. The molecule has 0 spiro atoms.